The van der Waals surface area contributed by atoms with E-state index in [1.54, 1.807) is 6.20 Å². The Kier molecular flexibility index (Phi) is 4.88. The Hall–Kier alpha value is -1.000. The maximum absolute atomic E-state index is 11.9. The number of unbranched alkanes of at least 4 members (excludes halogenated alkanes) is 1. The van der Waals surface area contributed by atoms with Crippen molar-refractivity contribution in [1.82, 2.24) is 4.57 Å². The Labute approximate surface area is 125 Å². The van der Waals surface area contributed by atoms with E-state index in [2.05, 4.69) is 22.9 Å². The standard InChI is InChI=1S/C14H15BrClNO2/c1-2-3-8-19-14(18)17-7-6-11-12(17)5-4-10(9-15)13(11)16/h4-7H,2-3,8-9H2,1H3. The number of rotatable bonds is 4. The molecule has 2 aromatic rings. The maximum atomic E-state index is 11.9. The van der Waals surface area contributed by atoms with Gasteiger partial charge in [-0.2, -0.15) is 0 Å². The van der Waals surface area contributed by atoms with Crippen molar-refractivity contribution in [2.45, 2.75) is 25.1 Å². The molecule has 1 aromatic heterocycles. The number of benzene rings is 1. The van der Waals surface area contributed by atoms with Gasteiger partial charge in [0.1, 0.15) is 0 Å². The van der Waals surface area contributed by atoms with Crippen LogP contribution in [0.2, 0.25) is 5.02 Å². The first kappa shape index (κ1) is 14.4. The van der Waals surface area contributed by atoms with E-state index in [1.807, 2.05) is 18.2 Å². The summed E-state index contributed by atoms with van der Waals surface area (Å²) < 4.78 is 6.70. The highest BCUT2D eigenvalue weighted by Crippen LogP contribution is 2.29. The average molecular weight is 345 g/mol. The van der Waals surface area contributed by atoms with Crippen LogP contribution in [0.25, 0.3) is 10.9 Å². The van der Waals surface area contributed by atoms with Crippen LogP contribution in [0.1, 0.15) is 25.3 Å². The monoisotopic (exact) mass is 343 g/mol. The molecular formula is C14H15BrClNO2. The molecule has 3 nitrogen and oxygen atoms in total. The number of hydrogen-bond acceptors (Lipinski definition) is 2. The number of hydrogen-bond donors (Lipinski definition) is 0. The molecule has 0 spiro atoms. The molecule has 0 aliphatic carbocycles. The van der Waals surface area contributed by atoms with Crippen molar-refractivity contribution in [2.75, 3.05) is 6.61 Å². The zero-order chi connectivity index (χ0) is 13.8. The van der Waals surface area contributed by atoms with Gasteiger partial charge in [0.15, 0.2) is 0 Å². The third-order valence-electron chi connectivity index (χ3n) is 2.95. The number of halogens is 2. The van der Waals surface area contributed by atoms with Crippen LogP contribution in [0.3, 0.4) is 0 Å². The maximum Gasteiger partial charge on any atom is 0.418 e. The van der Waals surface area contributed by atoms with Crippen LogP contribution >= 0.6 is 27.5 Å². The molecule has 19 heavy (non-hydrogen) atoms. The summed E-state index contributed by atoms with van der Waals surface area (Å²) >= 11 is 9.68. The molecule has 0 unspecified atom stereocenters. The van der Waals surface area contributed by atoms with E-state index >= 15 is 0 Å². The highest BCUT2D eigenvalue weighted by Gasteiger charge is 2.13. The van der Waals surface area contributed by atoms with Gasteiger partial charge >= 0.3 is 6.09 Å². The molecule has 0 N–H and O–H groups in total. The summed E-state index contributed by atoms with van der Waals surface area (Å²) in [6.45, 7) is 2.50. The number of alkyl halides is 1. The summed E-state index contributed by atoms with van der Waals surface area (Å²) in [5.41, 5.74) is 1.78. The first-order valence-corrected chi connectivity index (χ1v) is 7.70. The zero-order valence-corrected chi connectivity index (χ0v) is 13.0. The molecule has 1 aromatic carbocycles. The molecule has 1 heterocycles. The summed E-state index contributed by atoms with van der Waals surface area (Å²) in [7, 11) is 0. The summed E-state index contributed by atoms with van der Waals surface area (Å²) in [6.07, 6.45) is 3.22. The normalized spacial score (nSPS) is 10.9. The molecule has 0 aliphatic rings. The van der Waals surface area contributed by atoms with Gasteiger partial charge in [0.05, 0.1) is 17.1 Å². The van der Waals surface area contributed by atoms with Crippen LogP contribution in [0.4, 0.5) is 4.79 Å². The predicted molar refractivity (Wildman–Crippen MR) is 81.2 cm³/mol. The van der Waals surface area contributed by atoms with Gasteiger partial charge in [0.2, 0.25) is 0 Å². The van der Waals surface area contributed by atoms with E-state index in [9.17, 15) is 4.79 Å². The number of carbonyl (C=O) groups is 1. The fourth-order valence-corrected chi connectivity index (χ4v) is 2.78. The van der Waals surface area contributed by atoms with Crippen molar-refractivity contribution in [1.29, 1.82) is 0 Å². The van der Waals surface area contributed by atoms with E-state index in [0.29, 0.717) is 17.0 Å². The van der Waals surface area contributed by atoms with Crippen LogP contribution in [0.5, 0.6) is 0 Å². The van der Waals surface area contributed by atoms with Gasteiger partial charge in [0, 0.05) is 16.9 Å². The lowest BCUT2D eigenvalue weighted by Crippen LogP contribution is -2.13. The van der Waals surface area contributed by atoms with Gasteiger partial charge in [-0.05, 0) is 24.1 Å². The van der Waals surface area contributed by atoms with Gasteiger partial charge in [-0.15, -0.1) is 0 Å². The molecule has 0 radical (unpaired) electrons. The molecule has 2 rings (SSSR count). The van der Waals surface area contributed by atoms with Crippen LogP contribution in [-0.2, 0) is 10.1 Å². The van der Waals surface area contributed by atoms with Crippen LogP contribution in [0.15, 0.2) is 24.4 Å². The predicted octanol–water partition coefficient (Wildman–Crippen LogP) is 4.97. The number of aromatic nitrogens is 1. The number of nitrogens with zero attached hydrogens (tertiary/aromatic N) is 1. The third-order valence-corrected chi connectivity index (χ3v) is 4.00. The first-order valence-electron chi connectivity index (χ1n) is 6.20. The second kappa shape index (κ2) is 6.44. The zero-order valence-electron chi connectivity index (χ0n) is 10.7. The minimum absolute atomic E-state index is 0.355. The van der Waals surface area contributed by atoms with Crippen molar-refractivity contribution in [3.05, 3.63) is 35.0 Å². The minimum atomic E-state index is -0.355. The highest BCUT2D eigenvalue weighted by molar-refractivity contribution is 9.08. The van der Waals surface area contributed by atoms with Gasteiger partial charge < -0.3 is 4.74 Å². The molecule has 0 atom stereocenters. The highest BCUT2D eigenvalue weighted by atomic mass is 79.9. The molecule has 0 aliphatic heterocycles. The Morgan fingerprint density at radius 1 is 1.42 bits per heavy atom. The quantitative estimate of drug-likeness (QED) is 0.579. The Morgan fingerprint density at radius 3 is 2.89 bits per heavy atom. The smallest absolute Gasteiger partial charge is 0.418 e. The largest absolute Gasteiger partial charge is 0.449 e. The van der Waals surface area contributed by atoms with Gasteiger partial charge in [-0.1, -0.05) is 46.9 Å². The Morgan fingerprint density at radius 2 is 2.21 bits per heavy atom. The van der Waals surface area contributed by atoms with E-state index in [4.69, 9.17) is 16.3 Å². The van der Waals surface area contributed by atoms with Gasteiger partial charge in [0.25, 0.3) is 0 Å². The summed E-state index contributed by atoms with van der Waals surface area (Å²) in [6, 6.07) is 5.64. The van der Waals surface area contributed by atoms with Gasteiger partial charge in [-0.3, -0.25) is 4.57 Å². The lowest BCUT2D eigenvalue weighted by molar-refractivity contribution is 0.147. The van der Waals surface area contributed by atoms with Crippen molar-refractivity contribution in [2.24, 2.45) is 0 Å². The third kappa shape index (κ3) is 2.95. The molecular weight excluding hydrogens is 330 g/mol. The average Bonchev–Trinajstić information content (AvgIpc) is 2.84. The summed E-state index contributed by atoms with van der Waals surface area (Å²) in [4.78, 5) is 11.9. The second-order valence-corrected chi connectivity index (χ2v) is 5.20. The summed E-state index contributed by atoms with van der Waals surface area (Å²) in [5, 5.41) is 2.23. The van der Waals surface area contributed by atoms with Gasteiger partial charge in [-0.25, -0.2) is 4.79 Å². The second-order valence-electron chi connectivity index (χ2n) is 4.26. The SMILES string of the molecule is CCCCOC(=O)n1ccc2c(Cl)c(CBr)ccc21. The number of fused-ring (bicyclic) bond motifs is 1. The Bertz CT molecular complexity index is 594. The minimum Gasteiger partial charge on any atom is -0.449 e. The lowest BCUT2D eigenvalue weighted by atomic mass is 10.2. The number of ether oxygens (including phenoxy) is 1. The van der Waals surface area contributed by atoms with Crippen molar-refractivity contribution in [3.63, 3.8) is 0 Å². The molecule has 0 bridgehead atoms. The van der Waals surface area contributed by atoms with Crippen LogP contribution < -0.4 is 0 Å². The fourth-order valence-electron chi connectivity index (χ4n) is 1.86. The topological polar surface area (TPSA) is 31.2 Å². The van der Waals surface area contributed by atoms with E-state index < -0.39 is 0 Å². The van der Waals surface area contributed by atoms with Crippen molar-refractivity contribution >= 4 is 44.5 Å². The van der Waals surface area contributed by atoms with E-state index in [0.717, 1.165) is 29.3 Å². The number of carbonyl (C=O) groups excluding carboxylic acids is 1. The Balaban J connectivity index is 2.30. The van der Waals surface area contributed by atoms with Crippen molar-refractivity contribution in [3.8, 4) is 0 Å². The molecule has 0 fully saturated rings. The molecule has 5 heteroatoms. The van der Waals surface area contributed by atoms with Crippen molar-refractivity contribution < 1.29 is 9.53 Å². The molecule has 0 saturated heterocycles. The molecule has 0 saturated carbocycles. The van der Waals surface area contributed by atoms with Crippen LogP contribution in [0, 0.1) is 0 Å². The lowest BCUT2D eigenvalue weighted by Gasteiger charge is -2.07. The fraction of sp³-hybridized carbons (Fsp3) is 0.357. The molecule has 102 valence electrons. The summed E-state index contributed by atoms with van der Waals surface area (Å²) in [5.74, 6) is 0. The van der Waals surface area contributed by atoms with Crippen LogP contribution in [-0.4, -0.2) is 17.3 Å². The van der Waals surface area contributed by atoms with E-state index in [1.165, 1.54) is 4.57 Å². The molecule has 0 amide bonds. The van der Waals surface area contributed by atoms with E-state index in [-0.39, 0.29) is 6.09 Å². The first-order chi connectivity index (χ1) is 9.19.